The molecule has 2 aromatic carbocycles. The fourth-order valence-corrected chi connectivity index (χ4v) is 5.10. The molecule has 11 heteroatoms. The van der Waals surface area contributed by atoms with Gasteiger partial charge in [-0.05, 0) is 93.3 Å². The first-order valence-corrected chi connectivity index (χ1v) is 14.1. The number of carbonyl (C=O) groups excluding carboxylic acids is 2. The molecule has 0 spiro atoms. The summed E-state index contributed by atoms with van der Waals surface area (Å²) in [6.07, 6.45) is -0.493. The minimum absolute atomic E-state index is 0.0151. The number of ether oxygens (including phenoxy) is 1. The Bertz CT molecular complexity index is 1430. The monoisotopic (exact) mass is 602 g/mol. The highest BCUT2D eigenvalue weighted by Gasteiger charge is 2.34. The first-order valence-electron chi connectivity index (χ1n) is 13.8. The summed E-state index contributed by atoms with van der Waals surface area (Å²) in [5, 5.41) is 3.05. The number of hydrogen-bond donors (Lipinski definition) is 1. The second-order valence-electron chi connectivity index (χ2n) is 11.6. The average Bonchev–Trinajstić information content (AvgIpc) is 2.91. The lowest BCUT2D eigenvalue weighted by Gasteiger charge is -2.34. The van der Waals surface area contributed by atoms with E-state index < -0.39 is 29.3 Å². The number of hydrogen-bond acceptors (Lipinski definition) is 5. The Balaban J connectivity index is 1.49. The maximum absolute atomic E-state index is 13.9. The van der Waals surface area contributed by atoms with Crippen molar-refractivity contribution in [2.24, 2.45) is 0 Å². The molecule has 4 rings (SSSR count). The molecule has 0 bridgehead atoms. The summed E-state index contributed by atoms with van der Waals surface area (Å²) in [4.78, 5) is 35.5. The maximum atomic E-state index is 13.9. The molecule has 1 aromatic heterocycles. The van der Waals surface area contributed by atoms with Gasteiger partial charge in [0.1, 0.15) is 10.8 Å². The fraction of sp³-hybridized carbons (Fsp3) is 0.419. The van der Waals surface area contributed by atoms with Gasteiger partial charge in [-0.25, -0.2) is 9.78 Å². The predicted octanol–water partition coefficient (Wildman–Crippen LogP) is 7.86. The molecule has 1 atom stereocenters. The van der Waals surface area contributed by atoms with Crippen molar-refractivity contribution >= 4 is 29.3 Å². The van der Waals surface area contributed by atoms with Gasteiger partial charge in [0, 0.05) is 30.5 Å². The largest absolute Gasteiger partial charge is 0.444 e. The van der Waals surface area contributed by atoms with E-state index in [4.69, 9.17) is 16.3 Å². The molecule has 1 saturated heterocycles. The van der Waals surface area contributed by atoms with Crippen LogP contribution in [0.4, 0.5) is 23.7 Å². The second kappa shape index (κ2) is 12.7. The van der Waals surface area contributed by atoms with Crippen molar-refractivity contribution in [2.75, 3.05) is 18.4 Å². The molecule has 42 heavy (non-hydrogen) atoms. The number of nitrogens with one attached hydrogen (secondary N) is 1. The highest BCUT2D eigenvalue weighted by Crippen LogP contribution is 2.36. The Morgan fingerprint density at radius 1 is 1.10 bits per heavy atom. The number of benzene rings is 2. The number of piperidine rings is 1. The van der Waals surface area contributed by atoms with Crippen molar-refractivity contribution in [2.45, 2.75) is 70.6 Å². The van der Waals surface area contributed by atoms with Crippen LogP contribution in [0.2, 0.25) is 5.15 Å². The van der Waals surface area contributed by atoms with Gasteiger partial charge in [-0.2, -0.15) is 13.2 Å². The molecule has 0 saturated carbocycles. The summed E-state index contributed by atoms with van der Waals surface area (Å²) in [6, 6.07) is 10.7. The Labute approximate surface area is 248 Å². The van der Waals surface area contributed by atoms with E-state index in [1.54, 1.807) is 50.1 Å². The molecule has 0 unspecified atom stereocenters. The van der Waals surface area contributed by atoms with Crippen molar-refractivity contribution in [1.29, 1.82) is 0 Å². The summed E-state index contributed by atoms with van der Waals surface area (Å²) in [7, 11) is 0. The summed E-state index contributed by atoms with van der Waals surface area (Å²) in [6.45, 7) is 8.03. The van der Waals surface area contributed by atoms with Gasteiger partial charge in [0.15, 0.2) is 0 Å². The van der Waals surface area contributed by atoms with Gasteiger partial charge < -0.3 is 15.0 Å². The first-order chi connectivity index (χ1) is 19.7. The van der Waals surface area contributed by atoms with Gasteiger partial charge in [0.25, 0.3) is 5.91 Å². The number of likely N-dealkylation sites (tertiary alicyclic amines) is 1. The van der Waals surface area contributed by atoms with Crippen molar-refractivity contribution < 1.29 is 27.5 Å². The topological polar surface area (TPSA) is 84.4 Å². The van der Waals surface area contributed by atoms with Gasteiger partial charge in [0.2, 0.25) is 0 Å². The van der Waals surface area contributed by atoms with Crippen LogP contribution in [0.5, 0.6) is 0 Å². The smallest absolute Gasteiger partial charge is 0.416 e. The third kappa shape index (κ3) is 8.44. The van der Waals surface area contributed by atoms with Gasteiger partial charge in [-0.3, -0.25) is 9.78 Å². The molecular formula is C31H34ClF3N4O3. The molecule has 0 aliphatic carbocycles. The van der Waals surface area contributed by atoms with Crippen molar-refractivity contribution in [3.63, 3.8) is 0 Å². The number of nitrogens with zero attached hydrogens (tertiary/aromatic N) is 3. The predicted molar refractivity (Wildman–Crippen MR) is 155 cm³/mol. The van der Waals surface area contributed by atoms with Gasteiger partial charge in [-0.1, -0.05) is 30.7 Å². The van der Waals surface area contributed by atoms with Crippen molar-refractivity contribution in [3.8, 4) is 0 Å². The molecule has 1 N–H and O–H groups in total. The lowest BCUT2D eigenvalue weighted by Crippen LogP contribution is -2.41. The summed E-state index contributed by atoms with van der Waals surface area (Å²) in [5.74, 6) is -0.864. The number of amides is 2. The first kappa shape index (κ1) is 31.3. The third-order valence-electron chi connectivity index (χ3n) is 7.05. The zero-order valence-corrected chi connectivity index (χ0v) is 24.7. The van der Waals surface area contributed by atoms with E-state index in [1.165, 1.54) is 12.3 Å². The highest BCUT2D eigenvalue weighted by atomic mass is 35.5. The second-order valence-corrected chi connectivity index (χ2v) is 12.0. The minimum atomic E-state index is -4.62. The van der Waals surface area contributed by atoms with Crippen LogP contribution in [-0.4, -0.2) is 45.6 Å². The number of anilines is 1. The van der Waals surface area contributed by atoms with E-state index >= 15 is 0 Å². The third-order valence-corrected chi connectivity index (χ3v) is 7.23. The normalized spacial score (nSPS) is 15.3. The molecule has 1 aliphatic rings. The van der Waals surface area contributed by atoms with E-state index in [2.05, 4.69) is 15.3 Å². The van der Waals surface area contributed by atoms with E-state index in [0.717, 1.165) is 23.4 Å². The van der Waals surface area contributed by atoms with Crippen molar-refractivity contribution in [3.05, 3.63) is 88.0 Å². The van der Waals surface area contributed by atoms with Crippen LogP contribution < -0.4 is 5.32 Å². The zero-order chi connectivity index (χ0) is 30.7. The highest BCUT2D eigenvalue weighted by molar-refractivity contribution is 6.29. The fourth-order valence-electron chi connectivity index (χ4n) is 4.94. The number of rotatable bonds is 6. The lowest BCUT2D eigenvalue weighted by molar-refractivity contribution is -0.137. The number of aromatic nitrogens is 2. The van der Waals surface area contributed by atoms with Gasteiger partial charge in [0.05, 0.1) is 17.5 Å². The quantitative estimate of drug-likeness (QED) is 0.310. The van der Waals surface area contributed by atoms with Crippen LogP contribution in [0.3, 0.4) is 0 Å². The Kier molecular flexibility index (Phi) is 9.45. The van der Waals surface area contributed by atoms with Crippen LogP contribution in [0.1, 0.15) is 85.1 Å². The molecule has 0 radical (unpaired) electrons. The minimum Gasteiger partial charge on any atom is -0.444 e. The molecule has 2 heterocycles. The van der Waals surface area contributed by atoms with Crippen LogP contribution in [0.25, 0.3) is 0 Å². The summed E-state index contributed by atoms with van der Waals surface area (Å²) in [5.41, 5.74) is 0.912. The average molecular weight is 603 g/mol. The molecule has 224 valence electrons. The van der Waals surface area contributed by atoms with E-state index in [-0.39, 0.29) is 17.4 Å². The number of alkyl halides is 3. The van der Waals surface area contributed by atoms with Crippen molar-refractivity contribution in [1.82, 2.24) is 14.9 Å². The lowest BCUT2D eigenvalue weighted by atomic mass is 9.87. The van der Waals surface area contributed by atoms with E-state index in [9.17, 15) is 22.8 Å². The Hall–Kier alpha value is -3.66. The summed E-state index contributed by atoms with van der Waals surface area (Å²) < 4.78 is 47.0. The van der Waals surface area contributed by atoms with Crippen LogP contribution >= 0.6 is 11.6 Å². The molecular weight excluding hydrogens is 569 g/mol. The zero-order valence-electron chi connectivity index (χ0n) is 24.0. The molecule has 3 aromatic rings. The SMILES string of the molecule is C[C@H](Cc1cncc(Cl)n1)c1cccc(NC(=O)c2cc(C3CCN(C(=O)OC(C)(C)C)CC3)cc(C(F)(F)F)c2)c1. The molecule has 1 fully saturated rings. The van der Waals surface area contributed by atoms with Crippen LogP contribution in [-0.2, 0) is 17.3 Å². The standard InChI is InChI=1S/C31H34ClF3N4O3/c1-19(12-26-17-36-18-27(32)37-26)21-6-5-7-25(16-21)38-28(40)23-13-22(14-24(15-23)31(33,34)35)20-8-10-39(11-9-20)29(41)42-30(2,3)4/h5-7,13-20H,8-12H2,1-4H3,(H,38,40)/t19-/m1/s1. The number of halogens is 4. The molecule has 2 amide bonds. The Morgan fingerprint density at radius 3 is 2.45 bits per heavy atom. The number of carbonyl (C=O) groups is 2. The molecule has 7 nitrogen and oxygen atoms in total. The van der Waals surface area contributed by atoms with Gasteiger partial charge >= 0.3 is 12.3 Å². The van der Waals surface area contributed by atoms with Gasteiger partial charge in [-0.15, -0.1) is 0 Å². The van der Waals surface area contributed by atoms with E-state index in [1.807, 2.05) is 13.0 Å². The van der Waals surface area contributed by atoms with E-state index in [0.29, 0.717) is 48.8 Å². The Morgan fingerprint density at radius 2 is 1.81 bits per heavy atom. The van der Waals surface area contributed by atoms with Crippen LogP contribution in [0, 0.1) is 0 Å². The summed E-state index contributed by atoms with van der Waals surface area (Å²) >= 11 is 5.94. The maximum Gasteiger partial charge on any atom is 0.416 e. The molecule has 1 aliphatic heterocycles. The van der Waals surface area contributed by atoms with Crippen LogP contribution in [0.15, 0.2) is 54.9 Å².